The van der Waals surface area contributed by atoms with Gasteiger partial charge in [0.15, 0.2) is 0 Å². The van der Waals surface area contributed by atoms with Gasteiger partial charge in [0, 0.05) is 30.5 Å². The molecule has 2 aromatic carbocycles. The molecule has 1 aliphatic rings. The van der Waals surface area contributed by atoms with Crippen molar-refractivity contribution in [2.75, 3.05) is 24.7 Å². The van der Waals surface area contributed by atoms with Crippen LogP contribution in [0.3, 0.4) is 0 Å². The first-order chi connectivity index (χ1) is 16.9. The molecule has 0 atom stereocenters. The average Bonchev–Trinajstić information content (AvgIpc) is 2.85. The summed E-state index contributed by atoms with van der Waals surface area (Å²) in [5.74, 6) is -0.769. The number of nitrogen functional groups attached to an aromatic ring is 2. The minimum Gasteiger partial charge on any atom is -0.462 e. The van der Waals surface area contributed by atoms with Gasteiger partial charge in [-0.15, -0.1) is 0 Å². The van der Waals surface area contributed by atoms with E-state index < -0.39 is 5.97 Å². The number of anilines is 2. The second-order valence-corrected chi connectivity index (χ2v) is 8.86. The number of hydrogen-bond acceptors (Lipinski definition) is 7. The molecule has 0 bridgehead atoms. The first kappa shape index (κ1) is 26.3. The van der Waals surface area contributed by atoms with Gasteiger partial charge < -0.3 is 25.7 Å². The molecule has 0 spiro atoms. The summed E-state index contributed by atoms with van der Waals surface area (Å²) < 4.78 is 16.8. The smallest absolute Gasteiger partial charge is 0.338 e. The highest BCUT2D eigenvalue weighted by molar-refractivity contribution is 5.90. The molecule has 4 N–H and O–H groups in total. The van der Waals surface area contributed by atoms with Gasteiger partial charge in [-0.2, -0.15) is 0 Å². The number of carbonyl (C=O) groups excluding carboxylic acids is 2. The lowest BCUT2D eigenvalue weighted by Crippen LogP contribution is -2.28. The van der Waals surface area contributed by atoms with Crippen molar-refractivity contribution in [1.29, 1.82) is 0 Å². The molecule has 0 amide bonds. The fourth-order valence-corrected chi connectivity index (χ4v) is 3.98. The molecule has 1 saturated carbocycles. The van der Waals surface area contributed by atoms with Gasteiger partial charge in [0.25, 0.3) is 0 Å². The summed E-state index contributed by atoms with van der Waals surface area (Å²) >= 11 is 0. The molecule has 0 saturated heterocycles. The van der Waals surface area contributed by atoms with Gasteiger partial charge in [-0.3, -0.25) is 0 Å². The number of carbonyl (C=O) groups is 2. The summed E-state index contributed by atoms with van der Waals surface area (Å²) in [6, 6.07) is 12.2. The van der Waals surface area contributed by atoms with Gasteiger partial charge in [-0.25, -0.2) is 9.59 Å². The predicted molar refractivity (Wildman–Crippen MR) is 138 cm³/mol. The van der Waals surface area contributed by atoms with E-state index in [1.54, 1.807) is 42.5 Å². The molecular formula is C28H36N2O5. The number of benzene rings is 2. The van der Waals surface area contributed by atoms with E-state index in [4.69, 9.17) is 25.7 Å². The zero-order valence-corrected chi connectivity index (χ0v) is 20.4. The summed E-state index contributed by atoms with van der Waals surface area (Å²) in [7, 11) is 0. The molecule has 0 heterocycles. The van der Waals surface area contributed by atoms with Crippen LogP contribution >= 0.6 is 0 Å². The number of nitrogens with two attached hydrogens (primary N) is 2. The van der Waals surface area contributed by atoms with E-state index >= 15 is 0 Å². The van der Waals surface area contributed by atoms with Crippen LogP contribution in [0, 0.1) is 0 Å². The maximum Gasteiger partial charge on any atom is 0.338 e. The molecule has 3 rings (SSSR count). The van der Waals surface area contributed by atoms with Crippen LogP contribution < -0.4 is 11.5 Å². The van der Waals surface area contributed by atoms with Gasteiger partial charge in [0.05, 0.1) is 18.3 Å². The van der Waals surface area contributed by atoms with Crippen molar-refractivity contribution < 1.29 is 23.8 Å². The second-order valence-electron chi connectivity index (χ2n) is 8.86. The maximum absolute atomic E-state index is 12.5. The number of ether oxygens (including phenoxy) is 3. The summed E-state index contributed by atoms with van der Waals surface area (Å²) in [5.41, 5.74) is 14.9. The van der Waals surface area contributed by atoms with Gasteiger partial charge in [0.2, 0.25) is 0 Å². The summed E-state index contributed by atoms with van der Waals surface area (Å²) in [5, 5.41) is 0. The fraction of sp³-hybridized carbons (Fsp3) is 0.429. The zero-order valence-electron chi connectivity index (χ0n) is 20.4. The van der Waals surface area contributed by atoms with Crippen molar-refractivity contribution in [3.05, 3.63) is 65.2 Å². The van der Waals surface area contributed by atoms with E-state index in [0.29, 0.717) is 23.4 Å². The van der Waals surface area contributed by atoms with Crippen molar-refractivity contribution >= 4 is 29.4 Å². The Balaban J connectivity index is 1.38. The summed E-state index contributed by atoms with van der Waals surface area (Å²) in [6.07, 6.45) is 9.47. The van der Waals surface area contributed by atoms with Crippen LogP contribution in [0.4, 0.5) is 11.4 Å². The van der Waals surface area contributed by atoms with Crippen LogP contribution in [-0.2, 0) is 25.4 Å². The Morgan fingerprint density at radius 2 is 1.69 bits per heavy atom. The standard InChI is InChI=1S/C28H36N2O5/c1-2-3-17-33-24-11-13-25(14-12-24)35-28(32)22-7-4-20(5-8-22)6-15-27(31)34-18-16-21-9-10-23(29)19-26(21)30/h4-10,15,19,24-25H,2-3,11-14,16-18,29-30H2,1H3/b15-6+. The van der Waals surface area contributed by atoms with Crippen molar-refractivity contribution in [1.82, 2.24) is 0 Å². The monoisotopic (exact) mass is 480 g/mol. The Hall–Kier alpha value is -3.32. The third kappa shape index (κ3) is 8.76. The first-order valence-electron chi connectivity index (χ1n) is 12.4. The van der Waals surface area contributed by atoms with Crippen molar-refractivity contribution in [3.63, 3.8) is 0 Å². The predicted octanol–water partition coefficient (Wildman–Crippen LogP) is 4.93. The SMILES string of the molecule is CCCCOC1CCC(OC(=O)c2ccc(/C=C/C(=O)OCCc3ccc(N)cc3N)cc2)CC1. The van der Waals surface area contributed by atoms with E-state index in [9.17, 15) is 9.59 Å². The molecule has 1 aliphatic carbocycles. The molecule has 7 heteroatoms. The number of unbranched alkanes of at least 4 members (excludes halogenated alkanes) is 1. The minimum absolute atomic E-state index is 0.0635. The average molecular weight is 481 g/mol. The van der Waals surface area contributed by atoms with E-state index in [1.165, 1.54) is 6.08 Å². The van der Waals surface area contributed by atoms with Crippen LogP contribution in [0.2, 0.25) is 0 Å². The molecule has 0 radical (unpaired) electrons. The summed E-state index contributed by atoms with van der Waals surface area (Å²) in [4.78, 5) is 24.5. The van der Waals surface area contributed by atoms with E-state index in [1.807, 2.05) is 6.07 Å². The lowest BCUT2D eigenvalue weighted by Gasteiger charge is -2.28. The maximum atomic E-state index is 12.5. The fourth-order valence-electron chi connectivity index (χ4n) is 3.98. The Kier molecular flexibility index (Phi) is 10.2. The topological polar surface area (TPSA) is 114 Å². The molecular weight excluding hydrogens is 444 g/mol. The molecule has 0 aromatic heterocycles. The van der Waals surface area contributed by atoms with E-state index in [2.05, 4.69) is 6.92 Å². The number of esters is 2. The van der Waals surface area contributed by atoms with E-state index in [0.717, 1.165) is 56.3 Å². The zero-order chi connectivity index (χ0) is 25.0. The third-order valence-corrected chi connectivity index (χ3v) is 6.09. The normalized spacial score (nSPS) is 17.9. The van der Waals surface area contributed by atoms with Crippen LogP contribution in [0.15, 0.2) is 48.5 Å². The van der Waals surface area contributed by atoms with E-state index in [-0.39, 0.29) is 24.8 Å². The van der Waals surface area contributed by atoms with Crippen molar-refractivity contribution in [2.45, 2.75) is 64.1 Å². The lowest BCUT2D eigenvalue weighted by atomic mass is 9.95. The van der Waals surface area contributed by atoms with Gasteiger partial charge in [-0.1, -0.05) is 31.5 Å². The second kappa shape index (κ2) is 13.5. The van der Waals surface area contributed by atoms with Crippen LogP contribution in [0.1, 0.15) is 66.9 Å². The molecule has 188 valence electrons. The van der Waals surface area contributed by atoms with Gasteiger partial charge in [0.1, 0.15) is 6.10 Å². The Bertz CT molecular complexity index is 995. The third-order valence-electron chi connectivity index (χ3n) is 6.09. The van der Waals surface area contributed by atoms with Gasteiger partial charge >= 0.3 is 11.9 Å². The van der Waals surface area contributed by atoms with Gasteiger partial charge in [-0.05, 0) is 73.6 Å². The molecule has 35 heavy (non-hydrogen) atoms. The number of hydrogen-bond donors (Lipinski definition) is 2. The van der Waals surface area contributed by atoms with Crippen LogP contribution in [0.5, 0.6) is 0 Å². The molecule has 0 unspecified atom stereocenters. The van der Waals surface area contributed by atoms with Crippen LogP contribution in [0.25, 0.3) is 6.08 Å². The largest absolute Gasteiger partial charge is 0.462 e. The quantitative estimate of drug-likeness (QED) is 0.203. The van der Waals surface area contributed by atoms with Crippen LogP contribution in [-0.4, -0.2) is 37.4 Å². The molecule has 7 nitrogen and oxygen atoms in total. The lowest BCUT2D eigenvalue weighted by molar-refractivity contribution is -0.137. The highest BCUT2D eigenvalue weighted by Crippen LogP contribution is 2.24. The summed E-state index contributed by atoms with van der Waals surface area (Å²) in [6.45, 7) is 3.18. The first-order valence-corrected chi connectivity index (χ1v) is 12.4. The Morgan fingerprint density at radius 3 is 2.37 bits per heavy atom. The Morgan fingerprint density at radius 1 is 0.971 bits per heavy atom. The Labute approximate surface area is 207 Å². The molecule has 0 aliphatic heterocycles. The molecule has 1 fully saturated rings. The van der Waals surface area contributed by atoms with Crippen molar-refractivity contribution in [2.24, 2.45) is 0 Å². The molecule has 2 aromatic rings. The highest BCUT2D eigenvalue weighted by atomic mass is 16.5. The highest BCUT2D eigenvalue weighted by Gasteiger charge is 2.24. The minimum atomic E-state index is -0.447. The number of rotatable bonds is 11. The van der Waals surface area contributed by atoms with Crippen molar-refractivity contribution in [3.8, 4) is 0 Å².